The largest absolute Gasteiger partial charge is 0.494 e. The van der Waals surface area contributed by atoms with Gasteiger partial charge in [0, 0.05) is 17.7 Å². The van der Waals surface area contributed by atoms with Gasteiger partial charge in [-0.2, -0.15) is 13.2 Å². The fraction of sp³-hybridized carbons (Fsp3) is 0.429. The Bertz CT molecular complexity index is 822. The van der Waals surface area contributed by atoms with Gasteiger partial charge in [-0.1, -0.05) is 30.3 Å². The van der Waals surface area contributed by atoms with Crippen LogP contribution in [0.2, 0.25) is 0 Å². The van der Waals surface area contributed by atoms with Crippen LogP contribution in [0.1, 0.15) is 37.3 Å². The molecule has 0 amide bonds. The number of benzene rings is 2. The van der Waals surface area contributed by atoms with E-state index in [2.05, 4.69) is 0 Å². The topological polar surface area (TPSA) is 58.9 Å². The van der Waals surface area contributed by atoms with E-state index in [4.69, 9.17) is 9.47 Å². The number of halogens is 3. The van der Waals surface area contributed by atoms with Gasteiger partial charge in [-0.15, -0.1) is 0 Å². The first-order valence-corrected chi connectivity index (χ1v) is 9.25. The van der Waals surface area contributed by atoms with Gasteiger partial charge in [0.15, 0.2) is 6.29 Å². The van der Waals surface area contributed by atoms with Gasteiger partial charge in [0.05, 0.1) is 6.61 Å². The molecule has 2 N–H and O–H groups in total. The van der Waals surface area contributed by atoms with E-state index >= 15 is 0 Å². The summed E-state index contributed by atoms with van der Waals surface area (Å²) in [7, 11) is 0. The zero-order valence-electron chi connectivity index (χ0n) is 15.5. The lowest BCUT2D eigenvalue weighted by molar-refractivity contribution is -0.246. The Balaban J connectivity index is 1.74. The van der Waals surface area contributed by atoms with Crippen molar-refractivity contribution in [2.75, 3.05) is 13.2 Å². The fourth-order valence-corrected chi connectivity index (χ4v) is 3.52. The second kappa shape index (κ2) is 8.11. The number of hydrogen-bond acceptors (Lipinski definition) is 4. The molecule has 0 saturated carbocycles. The molecule has 152 valence electrons. The van der Waals surface area contributed by atoms with Gasteiger partial charge in [-0.25, -0.2) is 0 Å². The summed E-state index contributed by atoms with van der Waals surface area (Å²) in [5.74, 6) is 0.264. The Hall–Kier alpha value is -2.09. The third-order valence-corrected chi connectivity index (χ3v) is 4.87. The highest BCUT2D eigenvalue weighted by Crippen LogP contribution is 2.55. The van der Waals surface area contributed by atoms with Crippen LogP contribution < -0.4 is 4.74 Å². The first-order chi connectivity index (χ1) is 13.3. The maximum atomic E-state index is 13.8. The van der Waals surface area contributed by atoms with Crippen molar-refractivity contribution in [3.8, 4) is 16.9 Å². The van der Waals surface area contributed by atoms with Crippen LogP contribution >= 0.6 is 0 Å². The number of aliphatic hydroxyl groups is 2. The van der Waals surface area contributed by atoms with Gasteiger partial charge in [-0.3, -0.25) is 0 Å². The average molecular weight is 396 g/mol. The number of unbranched alkanes of at least 4 members (excludes halogenated alkanes) is 1. The van der Waals surface area contributed by atoms with Crippen LogP contribution in [-0.4, -0.2) is 35.9 Å². The minimum atomic E-state index is -4.86. The normalized spacial score (nSPS) is 19.2. The maximum Gasteiger partial charge on any atom is 0.425 e. The second-order valence-electron chi connectivity index (χ2n) is 6.72. The summed E-state index contributed by atoms with van der Waals surface area (Å²) in [4.78, 5) is 0. The monoisotopic (exact) mass is 396 g/mol. The predicted molar refractivity (Wildman–Crippen MR) is 97.9 cm³/mol. The highest BCUT2D eigenvalue weighted by molar-refractivity contribution is 5.81. The summed E-state index contributed by atoms with van der Waals surface area (Å²) >= 11 is 0. The number of ether oxygens (including phenoxy) is 2. The van der Waals surface area contributed by atoms with Crippen molar-refractivity contribution in [2.45, 2.75) is 44.3 Å². The van der Waals surface area contributed by atoms with Crippen molar-refractivity contribution in [3.05, 3.63) is 53.6 Å². The molecule has 0 aliphatic heterocycles. The molecule has 3 rings (SSSR count). The molecule has 7 heteroatoms. The van der Waals surface area contributed by atoms with E-state index in [1.165, 1.54) is 18.2 Å². The van der Waals surface area contributed by atoms with Crippen LogP contribution in [0.25, 0.3) is 11.1 Å². The molecule has 0 saturated heterocycles. The summed E-state index contributed by atoms with van der Waals surface area (Å²) in [5.41, 5.74) is -2.72. The lowest BCUT2D eigenvalue weighted by Gasteiger charge is -2.28. The molecule has 2 atom stereocenters. The molecule has 1 aliphatic carbocycles. The zero-order valence-corrected chi connectivity index (χ0v) is 15.5. The molecule has 2 aromatic carbocycles. The molecule has 0 spiro atoms. The smallest absolute Gasteiger partial charge is 0.425 e. The zero-order chi connectivity index (χ0) is 20.4. The Morgan fingerprint density at radius 1 is 1.04 bits per heavy atom. The van der Waals surface area contributed by atoms with Gasteiger partial charge in [-0.05, 0) is 49.4 Å². The van der Waals surface area contributed by atoms with Crippen LogP contribution in [0.15, 0.2) is 42.5 Å². The minimum absolute atomic E-state index is 0.167. The number of rotatable bonds is 8. The first kappa shape index (κ1) is 20.6. The first-order valence-electron chi connectivity index (χ1n) is 9.25. The van der Waals surface area contributed by atoms with Crippen molar-refractivity contribution >= 4 is 0 Å². The van der Waals surface area contributed by atoms with E-state index < -0.39 is 18.1 Å². The van der Waals surface area contributed by atoms with E-state index in [-0.39, 0.29) is 23.5 Å². The van der Waals surface area contributed by atoms with Crippen molar-refractivity contribution in [3.63, 3.8) is 0 Å². The summed E-state index contributed by atoms with van der Waals surface area (Å²) in [5, 5.41) is 20.1. The van der Waals surface area contributed by atoms with E-state index in [1.54, 1.807) is 31.2 Å². The average Bonchev–Trinajstić information content (AvgIpc) is 2.92. The Morgan fingerprint density at radius 3 is 2.46 bits per heavy atom. The maximum absolute atomic E-state index is 13.8. The number of aliphatic hydroxyl groups excluding tert-OH is 1. The van der Waals surface area contributed by atoms with Gasteiger partial charge in [0.1, 0.15) is 5.75 Å². The summed E-state index contributed by atoms with van der Waals surface area (Å²) in [6.07, 6.45) is -3.94. The fourth-order valence-electron chi connectivity index (χ4n) is 3.52. The van der Waals surface area contributed by atoms with Crippen LogP contribution in [0.3, 0.4) is 0 Å². The van der Waals surface area contributed by atoms with Crippen LogP contribution in [-0.2, 0) is 10.3 Å². The molecule has 4 nitrogen and oxygen atoms in total. The molecular weight excluding hydrogens is 373 g/mol. The molecular formula is C21H23F3O4. The summed E-state index contributed by atoms with van der Waals surface area (Å²) in [6, 6.07) is 10.4. The Morgan fingerprint density at radius 2 is 1.75 bits per heavy atom. The minimum Gasteiger partial charge on any atom is -0.494 e. The van der Waals surface area contributed by atoms with Crippen molar-refractivity contribution in [2.24, 2.45) is 0 Å². The number of alkyl halides is 3. The molecule has 0 heterocycles. The summed E-state index contributed by atoms with van der Waals surface area (Å²) < 4.78 is 52.0. The highest BCUT2D eigenvalue weighted by Gasteiger charge is 2.60. The predicted octanol–water partition coefficient (Wildman–Crippen LogP) is 4.37. The van der Waals surface area contributed by atoms with Crippen LogP contribution in [0.5, 0.6) is 5.75 Å². The molecule has 0 fully saturated rings. The van der Waals surface area contributed by atoms with Crippen molar-refractivity contribution < 1.29 is 32.9 Å². The van der Waals surface area contributed by atoms with E-state index in [1.807, 2.05) is 0 Å². The van der Waals surface area contributed by atoms with Crippen molar-refractivity contribution in [1.29, 1.82) is 0 Å². The SMILES string of the molecule is CCOC(O)CCCCOc1ccc2c(c1)C(O)(C(F)(F)F)c1ccccc1-2. The second-order valence-corrected chi connectivity index (χ2v) is 6.72. The Kier molecular flexibility index (Phi) is 5.98. The van der Waals surface area contributed by atoms with E-state index in [0.29, 0.717) is 37.0 Å². The lowest BCUT2D eigenvalue weighted by Crippen LogP contribution is -2.41. The van der Waals surface area contributed by atoms with Gasteiger partial charge in [0.25, 0.3) is 0 Å². The van der Waals surface area contributed by atoms with Gasteiger partial charge < -0.3 is 19.7 Å². The molecule has 0 aromatic heterocycles. The van der Waals surface area contributed by atoms with Crippen LogP contribution in [0, 0.1) is 0 Å². The Labute approximate surface area is 161 Å². The van der Waals surface area contributed by atoms with E-state index in [9.17, 15) is 23.4 Å². The standard InChI is InChI=1S/C21H23F3O4/c1-2-27-19(25)9-5-6-12-28-14-10-11-16-15-7-3-4-8-17(15)20(26,18(16)13-14)21(22,23)24/h3-4,7-8,10-11,13,19,25-26H,2,5-6,9,12H2,1H3. The third-order valence-electron chi connectivity index (χ3n) is 4.87. The molecule has 2 aromatic rings. The number of fused-ring (bicyclic) bond motifs is 3. The molecule has 0 bridgehead atoms. The molecule has 28 heavy (non-hydrogen) atoms. The van der Waals surface area contributed by atoms with Gasteiger partial charge in [0.2, 0.25) is 5.60 Å². The quantitative estimate of drug-likeness (QED) is 0.514. The van der Waals surface area contributed by atoms with Crippen LogP contribution in [0.4, 0.5) is 13.2 Å². The third kappa shape index (κ3) is 3.74. The molecule has 2 unspecified atom stereocenters. The van der Waals surface area contributed by atoms with Gasteiger partial charge >= 0.3 is 6.18 Å². The lowest BCUT2D eigenvalue weighted by atomic mass is 9.91. The number of hydrogen-bond donors (Lipinski definition) is 2. The highest BCUT2D eigenvalue weighted by atomic mass is 19.4. The molecule has 0 radical (unpaired) electrons. The summed E-state index contributed by atoms with van der Waals surface area (Å²) in [6.45, 7) is 2.51. The molecule has 1 aliphatic rings. The van der Waals surface area contributed by atoms with E-state index in [0.717, 1.165) is 0 Å². The van der Waals surface area contributed by atoms with Crippen molar-refractivity contribution in [1.82, 2.24) is 0 Å².